The van der Waals surface area contributed by atoms with E-state index < -0.39 is 0 Å². The number of rotatable bonds is 6. The summed E-state index contributed by atoms with van der Waals surface area (Å²) in [6, 6.07) is 14.6. The van der Waals surface area contributed by atoms with Gasteiger partial charge in [0.05, 0.1) is 0 Å². The van der Waals surface area contributed by atoms with Crippen molar-refractivity contribution < 1.29 is 0 Å². The summed E-state index contributed by atoms with van der Waals surface area (Å²) in [6.07, 6.45) is 7.61. The van der Waals surface area contributed by atoms with Gasteiger partial charge in [-0.15, -0.1) is 0 Å². The zero-order valence-corrected chi connectivity index (χ0v) is 14.4. The molecule has 0 aliphatic carbocycles. The lowest BCUT2D eigenvalue weighted by Crippen LogP contribution is -2.02. The van der Waals surface area contributed by atoms with Crippen molar-refractivity contribution in [2.75, 3.05) is 0 Å². The van der Waals surface area contributed by atoms with Crippen LogP contribution in [0.1, 0.15) is 33.9 Å². The molecule has 3 nitrogen and oxygen atoms in total. The minimum absolute atomic E-state index is 0.928. The van der Waals surface area contributed by atoms with Gasteiger partial charge in [-0.25, -0.2) is 0 Å². The molecule has 3 rings (SSSR count). The van der Waals surface area contributed by atoms with E-state index in [0.29, 0.717) is 0 Å². The molecule has 0 unspecified atom stereocenters. The number of aromatic nitrogens is 3. The summed E-state index contributed by atoms with van der Waals surface area (Å²) in [4.78, 5) is 13.6. The van der Waals surface area contributed by atoms with Crippen LogP contribution in [0.2, 0.25) is 0 Å². The molecule has 0 amide bonds. The van der Waals surface area contributed by atoms with Crippen LogP contribution in [0.15, 0.2) is 54.9 Å². The summed E-state index contributed by atoms with van der Waals surface area (Å²) in [5, 5.41) is 0. The fraction of sp³-hybridized carbons (Fsp3) is 0.286. The van der Waals surface area contributed by atoms with E-state index in [1.165, 1.54) is 11.1 Å². The van der Waals surface area contributed by atoms with Gasteiger partial charge in [0.2, 0.25) is 0 Å². The molecule has 3 aromatic rings. The maximum Gasteiger partial charge on any atom is 0.0436 e. The highest BCUT2D eigenvalue weighted by atomic mass is 14.7. The van der Waals surface area contributed by atoms with E-state index in [1.54, 1.807) is 0 Å². The van der Waals surface area contributed by atoms with Crippen LogP contribution < -0.4 is 0 Å². The average molecular weight is 317 g/mol. The van der Waals surface area contributed by atoms with Gasteiger partial charge >= 0.3 is 0 Å². The smallest absolute Gasteiger partial charge is 0.0436 e. The number of hydrogen-bond acceptors (Lipinski definition) is 3. The molecule has 0 fully saturated rings. The van der Waals surface area contributed by atoms with Gasteiger partial charge in [-0.2, -0.15) is 0 Å². The van der Waals surface area contributed by atoms with E-state index >= 15 is 0 Å². The molecule has 24 heavy (non-hydrogen) atoms. The Morgan fingerprint density at radius 1 is 0.750 bits per heavy atom. The second-order valence-electron chi connectivity index (χ2n) is 6.20. The molecule has 0 saturated carbocycles. The van der Waals surface area contributed by atoms with Crippen molar-refractivity contribution >= 4 is 0 Å². The molecule has 122 valence electrons. The summed E-state index contributed by atoms with van der Waals surface area (Å²) < 4.78 is 0. The van der Waals surface area contributed by atoms with Crippen molar-refractivity contribution in [1.29, 1.82) is 0 Å². The predicted molar refractivity (Wildman–Crippen MR) is 97.0 cm³/mol. The molecule has 0 N–H and O–H groups in total. The topological polar surface area (TPSA) is 38.7 Å². The van der Waals surface area contributed by atoms with Crippen LogP contribution in [0, 0.1) is 13.8 Å². The lowest BCUT2D eigenvalue weighted by atomic mass is 10.1. The molecule has 3 heterocycles. The van der Waals surface area contributed by atoms with E-state index in [4.69, 9.17) is 4.98 Å². The van der Waals surface area contributed by atoms with Crippen molar-refractivity contribution in [3.63, 3.8) is 0 Å². The Morgan fingerprint density at radius 3 is 2.25 bits per heavy atom. The molecular weight excluding hydrogens is 294 g/mol. The van der Waals surface area contributed by atoms with Gasteiger partial charge in [0.15, 0.2) is 0 Å². The van der Waals surface area contributed by atoms with Crippen molar-refractivity contribution in [2.45, 2.75) is 39.5 Å². The number of nitrogens with zero attached hydrogens (tertiary/aromatic N) is 3. The SMILES string of the molecule is Cc1ccc(CCc2cccc(CCc3ncccc3C)n2)cn1. The van der Waals surface area contributed by atoms with Gasteiger partial charge in [0.1, 0.15) is 0 Å². The quantitative estimate of drug-likeness (QED) is 0.688. The third kappa shape index (κ3) is 4.48. The van der Waals surface area contributed by atoms with Crippen molar-refractivity contribution in [3.8, 4) is 0 Å². The fourth-order valence-corrected chi connectivity index (χ4v) is 2.75. The normalized spacial score (nSPS) is 10.8. The summed E-state index contributed by atoms with van der Waals surface area (Å²) in [5.74, 6) is 0. The highest BCUT2D eigenvalue weighted by Gasteiger charge is 2.03. The molecule has 0 bridgehead atoms. The summed E-state index contributed by atoms with van der Waals surface area (Å²) in [6.45, 7) is 4.12. The Morgan fingerprint density at radius 2 is 1.54 bits per heavy atom. The van der Waals surface area contributed by atoms with Gasteiger partial charge in [0.25, 0.3) is 0 Å². The maximum atomic E-state index is 4.80. The minimum Gasteiger partial charge on any atom is -0.261 e. The molecule has 0 aliphatic rings. The van der Waals surface area contributed by atoms with Crippen LogP contribution in [0.25, 0.3) is 0 Å². The first-order valence-corrected chi connectivity index (χ1v) is 8.47. The Bertz CT molecular complexity index is 794. The second-order valence-corrected chi connectivity index (χ2v) is 6.20. The Kier molecular flexibility index (Phi) is 5.32. The zero-order valence-electron chi connectivity index (χ0n) is 14.4. The highest BCUT2D eigenvalue weighted by molar-refractivity contribution is 5.20. The molecular formula is C21H23N3. The number of hydrogen-bond donors (Lipinski definition) is 0. The van der Waals surface area contributed by atoms with Gasteiger partial charge in [-0.3, -0.25) is 15.0 Å². The number of aryl methyl sites for hydroxylation is 6. The fourth-order valence-electron chi connectivity index (χ4n) is 2.75. The first kappa shape index (κ1) is 16.3. The maximum absolute atomic E-state index is 4.80. The average Bonchev–Trinajstić information content (AvgIpc) is 2.61. The van der Waals surface area contributed by atoms with Crippen LogP contribution in [-0.4, -0.2) is 15.0 Å². The third-order valence-corrected chi connectivity index (χ3v) is 4.24. The highest BCUT2D eigenvalue weighted by Crippen LogP contribution is 2.10. The van der Waals surface area contributed by atoms with E-state index in [9.17, 15) is 0 Å². The molecule has 3 aromatic heterocycles. The Hall–Kier alpha value is -2.55. The van der Waals surface area contributed by atoms with Crippen LogP contribution in [0.4, 0.5) is 0 Å². The van der Waals surface area contributed by atoms with Gasteiger partial charge in [-0.1, -0.05) is 18.2 Å². The predicted octanol–water partition coefficient (Wildman–Crippen LogP) is 4.06. The molecule has 0 aliphatic heterocycles. The molecule has 3 heteroatoms. The molecule has 0 radical (unpaired) electrons. The second kappa shape index (κ2) is 7.82. The zero-order chi connectivity index (χ0) is 16.8. The third-order valence-electron chi connectivity index (χ3n) is 4.24. The van der Waals surface area contributed by atoms with Crippen LogP contribution >= 0.6 is 0 Å². The summed E-state index contributed by atoms with van der Waals surface area (Å²) in [7, 11) is 0. The molecule has 0 saturated heterocycles. The van der Waals surface area contributed by atoms with Crippen LogP contribution in [0.3, 0.4) is 0 Å². The standard InChI is InChI=1S/C21H23N3/c1-16-5-4-14-22-21(16)13-12-20-7-3-6-19(24-20)11-10-18-9-8-17(2)23-15-18/h3-9,14-15H,10-13H2,1-2H3. The Balaban J connectivity index is 1.59. The van der Waals surface area contributed by atoms with Crippen molar-refractivity contribution in [3.05, 3.63) is 88.8 Å². The van der Waals surface area contributed by atoms with E-state index in [0.717, 1.165) is 48.5 Å². The van der Waals surface area contributed by atoms with Gasteiger partial charge in [-0.05, 0) is 74.9 Å². The summed E-state index contributed by atoms with van der Waals surface area (Å²) >= 11 is 0. The van der Waals surface area contributed by atoms with Crippen LogP contribution in [0.5, 0.6) is 0 Å². The first-order valence-electron chi connectivity index (χ1n) is 8.47. The molecule has 0 atom stereocenters. The lowest BCUT2D eigenvalue weighted by Gasteiger charge is -2.06. The Labute approximate surface area is 143 Å². The van der Waals surface area contributed by atoms with E-state index in [1.807, 2.05) is 25.4 Å². The number of pyridine rings is 3. The van der Waals surface area contributed by atoms with Crippen molar-refractivity contribution in [2.24, 2.45) is 0 Å². The lowest BCUT2D eigenvalue weighted by molar-refractivity contribution is 0.836. The largest absolute Gasteiger partial charge is 0.261 e. The van der Waals surface area contributed by atoms with Crippen LogP contribution in [-0.2, 0) is 25.7 Å². The van der Waals surface area contributed by atoms with E-state index in [2.05, 4.69) is 53.3 Å². The summed E-state index contributed by atoms with van der Waals surface area (Å²) in [5.41, 5.74) is 7.02. The minimum atomic E-state index is 0.928. The van der Waals surface area contributed by atoms with Gasteiger partial charge in [0, 0.05) is 35.2 Å². The van der Waals surface area contributed by atoms with Crippen molar-refractivity contribution in [1.82, 2.24) is 15.0 Å². The van der Waals surface area contributed by atoms with Gasteiger partial charge < -0.3 is 0 Å². The monoisotopic (exact) mass is 317 g/mol. The first-order chi connectivity index (χ1) is 11.7. The molecule has 0 spiro atoms. The molecule has 0 aromatic carbocycles. The van der Waals surface area contributed by atoms with E-state index in [-0.39, 0.29) is 0 Å².